The number of benzene rings is 1. The zero-order valence-corrected chi connectivity index (χ0v) is 14.8. The monoisotopic (exact) mass is 358 g/mol. The predicted octanol–water partition coefficient (Wildman–Crippen LogP) is 4.61. The van der Waals surface area contributed by atoms with Gasteiger partial charge in [-0.3, -0.25) is 0 Å². The summed E-state index contributed by atoms with van der Waals surface area (Å²) in [5.41, 5.74) is 4.86. The van der Waals surface area contributed by atoms with Gasteiger partial charge in [0.05, 0.1) is 17.8 Å². The van der Waals surface area contributed by atoms with Gasteiger partial charge in [0.15, 0.2) is 0 Å². The Morgan fingerprint density at radius 2 is 1.85 bits per heavy atom. The standard InChI is InChI=1S/C22H19FN4/c23-17-10-13-27(14-17)22-21(19-15-26-12-5-4-8-20(26)25-19)18(9-11-24-22)16-6-2-1-3-7-16/h1-9,11-12,15,17H,10,13-14H2/t17-/m0/s1. The van der Waals surface area contributed by atoms with E-state index in [4.69, 9.17) is 4.98 Å². The highest BCUT2D eigenvalue weighted by atomic mass is 19.1. The second kappa shape index (κ2) is 6.50. The minimum absolute atomic E-state index is 0.381. The fourth-order valence-electron chi connectivity index (χ4n) is 3.77. The van der Waals surface area contributed by atoms with Crippen LogP contribution in [0.3, 0.4) is 0 Å². The van der Waals surface area contributed by atoms with Gasteiger partial charge in [0.2, 0.25) is 0 Å². The van der Waals surface area contributed by atoms with Crippen LogP contribution in [0.5, 0.6) is 0 Å². The molecule has 5 rings (SSSR count). The van der Waals surface area contributed by atoms with E-state index in [-0.39, 0.29) is 0 Å². The summed E-state index contributed by atoms with van der Waals surface area (Å²) < 4.78 is 15.9. The second-order valence-corrected chi connectivity index (χ2v) is 6.85. The molecule has 3 aromatic heterocycles. The van der Waals surface area contributed by atoms with Crippen molar-refractivity contribution in [2.45, 2.75) is 12.6 Å². The van der Waals surface area contributed by atoms with Crippen LogP contribution in [-0.2, 0) is 0 Å². The molecule has 0 bridgehead atoms. The van der Waals surface area contributed by atoms with Crippen LogP contribution in [0.2, 0.25) is 0 Å². The first-order chi connectivity index (χ1) is 13.3. The number of hydrogen-bond donors (Lipinski definition) is 0. The van der Waals surface area contributed by atoms with E-state index in [0.29, 0.717) is 19.5 Å². The molecule has 0 spiro atoms. The van der Waals surface area contributed by atoms with Gasteiger partial charge in [-0.15, -0.1) is 0 Å². The zero-order valence-electron chi connectivity index (χ0n) is 14.8. The van der Waals surface area contributed by atoms with Crippen LogP contribution in [0.25, 0.3) is 28.0 Å². The first-order valence-electron chi connectivity index (χ1n) is 9.17. The van der Waals surface area contributed by atoms with Crippen molar-refractivity contribution in [1.29, 1.82) is 0 Å². The molecule has 0 saturated carbocycles. The minimum Gasteiger partial charge on any atom is -0.353 e. The average molecular weight is 358 g/mol. The van der Waals surface area contributed by atoms with E-state index in [0.717, 1.165) is 33.8 Å². The summed E-state index contributed by atoms with van der Waals surface area (Å²) in [5.74, 6) is 0.805. The van der Waals surface area contributed by atoms with Crippen LogP contribution in [-0.4, -0.2) is 33.6 Å². The third-order valence-electron chi connectivity index (χ3n) is 5.07. The number of alkyl halides is 1. The summed E-state index contributed by atoms with van der Waals surface area (Å²) in [6, 6.07) is 18.2. The van der Waals surface area contributed by atoms with E-state index in [1.807, 2.05) is 70.4 Å². The Balaban J connectivity index is 1.75. The quantitative estimate of drug-likeness (QED) is 0.536. The lowest BCUT2D eigenvalue weighted by molar-refractivity contribution is 0.364. The van der Waals surface area contributed by atoms with Crippen molar-refractivity contribution in [2.75, 3.05) is 18.0 Å². The van der Waals surface area contributed by atoms with E-state index in [1.54, 1.807) is 0 Å². The Bertz CT molecular complexity index is 1060. The third-order valence-corrected chi connectivity index (χ3v) is 5.07. The number of halogens is 1. The molecule has 4 heterocycles. The molecule has 0 N–H and O–H groups in total. The Hall–Kier alpha value is -3.21. The van der Waals surface area contributed by atoms with Crippen molar-refractivity contribution >= 4 is 11.5 Å². The molecule has 5 heteroatoms. The number of fused-ring (bicyclic) bond motifs is 1. The van der Waals surface area contributed by atoms with Gasteiger partial charge in [-0.1, -0.05) is 36.4 Å². The summed E-state index contributed by atoms with van der Waals surface area (Å²) in [6.07, 6.45) is 5.55. The summed E-state index contributed by atoms with van der Waals surface area (Å²) in [7, 11) is 0. The normalized spacial score (nSPS) is 16.9. The molecule has 1 aromatic carbocycles. The van der Waals surface area contributed by atoms with Crippen LogP contribution in [0.15, 0.2) is 73.2 Å². The highest BCUT2D eigenvalue weighted by Gasteiger charge is 2.27. The highest BCUT2D eigenvalue weighted by Crippen LogP contribution is 2.39. The van der Waals surface area contributed by atoms with Crippen molar-refractivity contribution in [3.8, 4) is 22.4 Å². The Labute approximate surface area is 156 Å². The lowest BCUT2D eigenvalue weighted by Gasteiger charge is -2.21. The summed E-state index contributed by atoms with van der Waals surface area (Å²) in [5, 5.41) is 0. The van der Waals surface area contributed by atoms with Crippen molar-refractivity contribution in [2.24, 2.45) is 0 Å². The first-order valence-corrected chi connectivity index (χ1v) is 9.17. The van der Waals surface area contributed by atoms with Gasteiger partial charge >= 0.3 is 0 Å². The fraction of sp³-hybridized carbons (Fsp3) is 0.182. The van der Waals surface area contributed by atoms with Gasteiger partial charge in [-0.05, 0) is 35.7 Å². The van der Waals surface area contributed by atoms with Crippen LogP contribution in [0.1, 0.15) is 6.42 Å². The summed E-state index contributed by atoms with van der Waals surface area (Å²) in [6.45, 7) is 1.05. The van der Waals surface area contributed by atoms with Gasteiger partial charge in [0, 0.05) is 25.1 Å². The van der Waals surface area contributed by atoms with Gasteiger partial charge in [-0.2, -0.15) is 0 Å². The molecule has 1 fully saturated rings. The maximum absolute atomic E-state index is 13.9. The minimum atomic E-state index is -0.805. The summed E-state index contributed by atoms with van der Waals surface area (Å²) >= 11 is 0. The van der Waals surface area contributed by atoms with Crippen LogP contribution in [0, 0.1) is 0 Å². The Kier molecular flexibility index (Phi) is 3.85. The smallest absolute Gasteiger partial charge is 0.138 e. The van der Waals surface area contributed by atoms with Crippen molar-refractivity contribution < 1.29 is 4.39 Å². The Morgan fingerprint density at radius 1 is 1.00 bits per heavy atom. The third kappa shape index (κ3) is 2.85. The van der Waals surface area contributed by atoms with Crippen LogP contribution < -0.4 is 4.90 Å². The fourth-order valence-corrected chi connectivity index (χ4v) is 3.77. The van der Waals surface area contributed by atoms with Gasteiger partial charge < -0.3 is 9.30 Å². The number of nitrogens with zero attached hydrogens (tertiary/aromatic N) is 4. The van der Waals surface area contributed by atoms with E-state index >= 15 is 0 Å². The number of aromatic nitrogens is 3. The molecule has 4 nitrogen and oxygen atoms in total. The van der Waals surface area contributed by atoms with Crippen LogP contribution in [0.4, 0.5) is 10.2 Å². The average Bonchev–Trinajstić information content (AvgIpc) is 3.34. The molecule has 1 saturated heterocycles. The molecule has 27 heavy (non-hydrogen) atoms. The second-order valence-electron chi connectivity index (χ2n) is 6.85. The Morgan fingerprint density at radius 3 is 2.63 bits per heavy atom. The predicted molar refractivity (Wildman–Crippen MR) is 106 cm³/mol. The number of hydrogen-bond acceptors (Lipinski definition) is 3. The largest absolute Gasteiger partial charge is 0.353 e. The van der Waals surface area contributed by atoms with E-state index in [1.165, 1.54) is 0 Å². The van der Waals surface area contributed by atoms with E-state index < -0.39 is 6.17 Å². The molecule has 4 aromatic rings. The zero-order chi connectivity index (χ0) is 18.2. The molecule has 1 atom stereocenters. The van der Waals surface area contributed by atoms with Crippen molar-refractivity contribution in [3.05, 3.63) is 73.2 Å². The molecular formula is C22H19FN4. The molecule has 0 aliphatic carbocycles. The molecule has 1 aliphatic heterocycles. The van der Waals surface area contributed by atoms with Gasteiger partial charge in [-0.25, -0.2) is 14.4 Å². The SMILES string of the molecule is F[C@H]1CCN(c2nccc(-c3ccccc3)c2-c2cn3ccccc3n2)C1. The lowest BCUT2D eigenvalue weighted by atomic mass is 9.98. The summed E-state index contributed by atoms with van der Waals surface area (Å²) in [4.78, 5) is 11.5. The van der Waals surface area contributed by atoms with Gasteiger partial charge in [0.1, 0.15) is 17.6 Å². The highest BCUT2D eigenvalue weighted by molar-refractivity contribution is 5.89. The van der Waals surface area contributed by atoms with E-state index in [2.05, 4.69) is 17.1 Å². The maximum Gasteiger partial charge on any atom is 0.138 e. The van der Waals surface area contributed by atoms with Gasteiger partial charge in [0.25, 0.3) is 0 Å². The molecule has 0 amide bonds. The topological polar surface area (TPSA) is 33.4 Å². The number of imidazole rings is 1. The molecule has 134 valence electrons. The number of pyridine rings is 2. The molecule has 0 radical (unpaired) electrons. The lowest BCUT2D eigenvalue weighted by Crippen LogP contribution is -2.22. The number of rotatable bonds is 3. The van der Waals surface area contributed by atoms with Crippen LogP contribution >= 0.6 is 0 Å². The first kappa shape index (κ1) is 16.0. The molecule has 0 unspecified atom stereocenters. The van der Waals surface area contributed by atoms with E-state index in [9.17, 15) is 4.39 Å². The number of anilines is 1. The molecule has 1 aliphatic rings. The van der Waals surface area contributed by atoms with Crippen molar-refractivity contribution in [1.82, 2.24) is 14.4 Å². The van der Waals surface area contributed by atoms with Crippen molar-refractivity contribution in [3.63, 3.8) is 0 Å². The maximum atomic E-state index is 13.9. The molecular weight excluding hydrogens is 339 g/mol.